The van der Waals surface area contributed by atoms with Gasteiger partial charge >= 0.3 is 5.97 Å². The number of benzene rings is 3. The van der Waals surface area contributed by atoms with E-state index in [9.17, 15) is 4.79 Å². The van der Waals surface area contributed by atoms with Crippen LogP contribution in [0.15, 0.2) is 72.8 Å². The Morgan fingerprint density at radius 1 is 0.765 bits per heavy atom. The third-order valence-corrected chi connectivity index (χ3v) is 6.10. The highest BCUT2D eigenvalue weighted by molar-refractivity contribution is 6.83. The van der Waals surface area contributed by atoms with Crippen molar-refractivity contribution in [1.82, 2.24) is 0 Å². The molecule has 0 saturated carbocycles. The molecule has 0 radical (unpaired) electrons. The molecule has 0 spiro atoms. The van der Waals surface area contributed by atoms with Gasteiger partial charge in [0.05, 0.1) is 12.2 Å². The number of hydrogen-bond donors (Lipinski definition) is 0. The summed E-state index contributed by atoms with van der Waals surface area (Å²) in [6.07, 6.45) is 4.67. The molecule has 0 N–H and O–H groups in total. The van der Waals surface area contributed by atoms with Crippen LogP contribution in [0.3, 0.4) is 0 Å². The first-order valence-corrected chi connectivity index (χ1v) is 15.5. The number of unbranched alkanes of at least 4 members (excludes halogenated alkanes) is 3. The van der Waals surface area contributed by atoms with Gasteiger partial charge in [-0.2, -0.15) is 0 Å². The second-order valence-electron chi connectivity index (χ2n) is 9.42. The van der Waals surface area contributed by atoms with Gasteiger partial charge in [-0.25, -0.2) is 4.79 Å². The molecule has 0 aliphatic heterocycles. The lowest BCUT2D eigenvalue weighted by Gasteiger charge is -2.08. The predicted octanol–water partition coefficient (Wildman–Crippen LogP) is 7.76. The smallest absolute Gasteiger partial charge is 0.343 e. The first kappa shape index (κ1) is 25.3. The number of carbonyl (C=O) groups is 1. The van der Waals surface area contributed by atoms with E-state index >= 15 is 0 Å². The van der Waals surface area contributed by atoms with E-state index in [0.717, 1.165) is 28.9 Å². The number of esters is 1. The van der Waals surface area contributed by atoms with Crippen LogP contribution >= 0.6 is 0 Å². The summed E-state index contributed by atoms with van der Waals surface area (Å²) in [4.78, 5) is 12.5. The molecule has 0 aliphatic carbocycles. The van der Waals surface area contributed by atoms with E-state index in [-0.39, 0.29) is 5.97 Å². The van der Waals surface area contributed by atoms with Gasteiger partial charge in [-0.1, -0.05) is 76.0 Å². The van der Waals surface area contributed by atoms with Crippen molar-refractivity contribution in [3.8, 4) is 34.1 Å². The monoisotopic (exact) mass is 470 g/mol. The fourth-order valence-electron chi connectivity index (χ4n) is 3.29. The molecule has 0 atom stereocenters. The summed E-state index contributed by atoms with van der Waals surface area (Å²) in [5.41, 5.74) is 7.08. The van der Waals surface area contributed by atoms with Crippen molar-refractivity contribution in [1.29, 1.82) is 0 Å². The van der Waals surface area contributed by atoms with Gasteiger partial charge in [-0.05, 0) is 66.1 Å². The van der Waals surface area contributed by atoms with Gasteiger partial charge in [0.1, 0.15) is 19.6 Å². The molecule has 0 heterocycles. The summed E-state index contributed by atoms with van der Waals surface area (Å²) in [6, 6.07) is 22.9. The van der Waals surface area contributed by atoms with Crippen LogP contribution in [-0.2, 0) is 0 Å². The maximum atomic E-state index is 12.5. The zero-order chi connectivity index (χ0) is 24.4. The number of rotatable bonds is 9. The maximum absolute atomic E-state index is 12.5. The largest absolute Gasteiger partial charge is 0.494 e. The lowest BCUT2D eigenvalue weighted by atomic mass is 10.0. The minimum atomic E-state index is -1.38. The van der Waals surface area contributed by atoms with E-state index in [1.807, 2.05) is 36.4 Å². The van der Waals surface area contributed by atoms with Crippen LogP contribution in [0, 0.1) is 11.5 Å². The third-order valence-electron chi connectivity index (χ3n) is 5.22. The highest BCUT2D eigenvalue weighted by Crippen LogP contribution is 2.24. The van der Waals surface area contributed by atoms with Gasteiger partial charge in [0.2, 0.25) is 0 Å². The van der Waals surface area contributed by atoms with E-state index in [1.54, 1.807) is 12.1 Å². The Bertz CT molecular complexity index is 1110. The number of hydrogen-bond acceptors (Lipinski definition) is 3. The SMILES string of the molecule is CCCCCCOc1ccc(C(=O)Oc2ccc(-c3ccc(C#C[Si](C)(C)C)cc3)cc2)cc1. The van der Waals surface area contributed by atoms with Crippen molar-refractivity contribution in [2.75, 3.05) is 6.61 Å². The molecule has 3 aromatic carbocycles. The molecule has 0 amide bonds. The predicted molar refractivity (Wildman–Crippen MR) is 143 cm³/mol. The molecule has 0 aliphatic rings. The van der Waals surface area contributed by atoms with Gasteiger partial charge in [0.15, 0.2) is 0 Å². The third kappa shape index (κ3) is 8.24. The molecule has 176 valence electrons. The summed E-state index contributed by atoms with van der Waals surface area (Å²) < 4.78 is 11.3. The molecule has 3 rings (SSSR count). The Balaban J connectivity index is 1.55. The van der Waals surface area contributed by atoms with Crippen molar-refractivity contribution in [2.45, 2.75) is 52.2 Å². The summed E-state index contributed by atoms with van der Waals surface area (Å²) in [6.45, 7) is 9.61. The highest BCUT2D eigenvalue weighted by atomic mass is 28.3. The zero-order valence-corrected chi connectivity index (χ0v) is 21.7. The van der Waals surface area contributed by atoms with Gasteiger partial charge in [0, 0.05) is 5.56 Å². The van der Waals surface area contributed by atoms with Crippen molar-refractivity contribution in [3.63, 3.8) is 0 Å². The molecule has 0 aromatic heterocycles. The van der Waals surface area contributed by atoms with E-state index in [1.165, 1.54) is 19.3 Å². The molecule has 0 unspecified atom stereocenters. The fraction of sp³-hybridized carbons (Fsp3) is 0.300. The number of ether oxygens (including phenoxy) is 2. The van der Waals surface area contributed by atoms with Crippen LogP contribution in [0.1, 0.15) is 48.5 Å². The molecular weight excluding hydrogens is 436 g/mol. The van der Waals surface area contributed by atoms with E-state index in [4.69, 9.17) is 9.47 Å². The topological polar surface area (TPSA) is 35.5 Å². The molecule has 0 saturated heterocycles. The fourth-order valence-corrected chi connectivity index (χ4v) is 3.81. The molecule has 0 fully saturated rings. The van der Waals surface area contributed by atoms with Crippen LogP contribution in [-0.4, -0.2) is 20.7 Å². The molecule has 0 bridgehead atoms. The van der Waals surface area contributed by atoms with Gasteiger partial charge < -0.3 is 9.47 Å². The van der Waals surface area contributed by atoms with Crippen LogP contribution in [0.4, 0.5) is 0 Å². The Morgan fingerprint density at radius 2 is 1.35 bits per heavy atom. The summed E-state index contributed by atoms with van der Waals surface area (Å²) in [5.74, 6) is 4.18. The molecule has 3 aromatic rings. The summed E-state index contributed by atoms with van der Waals surface area (Å²) >= 11 is 0. The highest BCUT2D eigenvalue weighted by Gasteiger charge is 2.10. The van der Waals surface area contributed by atoms with Gasteiger partial charge in [0.25, 0.3) is 0 Å². The Hall–Kier alpha value is -3.29. The van der Waals surface area contributed by atoms with Crippen LogP contribution < -0.4 is 9.47 Å². The van der Waals surface area contributed by atoms with E-state index in [2.05, 4.69) is 62.3 Å². The van der Waals surface area contributed by atoms with Gasteiger partial charge in [-0.15, -0.1) is 5.54 Å². The summed E-state index contributed by atoms with van der Waals surface area (Å²) in [5, 5.41) is 0. The van der Waals surface area contributed by atoms with Crippen LogP contribution in [0.25, 0.3) is 11.1 Å². The van der Waals surface area contributed by atoms with Crippen LogP contribution in [0.5, 0.6) is 11.5 Å². The lowest BCUT2D eigenvalue weighted by Crippen LogP contribution is -2.16. The molecule has 3 nitrogen and oxygen atoms in total. The van der Waals surface area contributed by atoms with Crippen molar-refractivity contribution >= 4 is 14.0 Å². The van der Waals surface area contributed by atoms with Crippen LogP contribution in [0.2, 0.25) is 19.6 Å². The minimum absolute atomic E-state index is 0.382. The second-order valence-corrected chi connectivity index (χ2v) is 14.2. The molecular formula is C30H34O3Si. The zero-order valence-electron chi connectivity index (χ0n) is 20.7. The molecule has 34 heavy (non-hydrogen) atoms. The van der Waals surface area contributed by atoms with E-state index < -0.39 is 8.07 Å². The number of carbonyl (C=O) groups excluding carboxylic acids is 1. The standard InChI is InChI=1S/C30H34O3Si/c1-5-6-7-8-22-32-28-17-15-27(16-18-28)30(31)33-29-19-13-26(14-20-29)25-11-9-24(10-12-25)21-23-34(2,3)4/h9-20H,5-8,22H2,1-4H3. The minimum Gasteiger partial charge on any atom is -0.494 e. The summed E-state index contributed by atoms with van der Waals surface area (Å²) in [7, 11) is -1.38. The van der Waals surface area contributed by atoms with Crippen molar-refractivity contribution in [3.05, 3.63) is 83.9 Å². The maximum Gasteiger partial charge on any atom is 0.343 e. The normalized spacial score (nSPS) is 10.8. The molecule has 4 heteroatoms. The average molecular weight is 471 g/mol. The van der Waals surface area contributed by atoms with E-state index in [0.29, 0.717) is 17.9 Å². The Labute approximate surface area is 205 Å². The Kier molecular flexibility index (Phi) is 9.13. The quantitative estimate of drug-likeness (QED) is 0.105. The first-order valence-electron chi connectivity index (χ1n) is 12.0. The average Bonchev–Trinajstić information content (AvgIpc) is 2.83. The van der Waals surface area contributed by atoms with Gasteiger partial charge in [-0.3, -0.25) is 0 Å². The second kappa shape index (κ2) is 12.2. The Morgan fingerprint density at radius 3 is 1.94 bits per heavy atom. The van der Waals surface area contributed by atoms with Crippen molar-refractivity contribution < 1.29 is 14.3 Å². The van der Waals surface area contributed by atoms with Crippen molar-refractivity contribution in [2.24, 2.45) is 0 Å². The first-order chi connectivity index (χ1) is 16.3. The lowest BCUT2D eigenvalue weighted by molar-refractivity contribution is 0.0734.